The summed E-state index contributed by atoms with van der Waals surface area (Å²) in [7, 11) is 0. The van der Waals surface area contributed by atoms with Crippen LogP contribution in [0.4, 0.5) is 0 Å². The number of ether oxygens (including phenoxy) is 2. The molecule has 5 heteroatoms. The Balaban J connectivity index is 2.14. The van der Waals surface area contributed by atoms with E-state index in [2.05, 4.69) is 29.4 Å². The largest absolute Gasteiger partial charge is 0.474 e. The van der Waals surface area contributed by atoms with E-state index in [0.29, 0.717) is 19.1 Å². The van der Waals surface area contributed by atoms with Crippen LogP contribution in [0.25, 0.3) is 0 Å². The first-order valence-electron chi connectivity index (χ1n) is 6.60. The second kappa shape index (κ2) is 9.79. The van der Waals surface area contributed by atoms with E-state index in [0.717, 1.165) is 38.2 Å². The molecule has 1 N–H and O–H groups in total. The molecule has 0 fully saturated rings. The van der Waals surface area contributed by atoms with E-state index in [1.165, 1.54) is 0 Å². The molecule has 102 valence electrons. The molecule has 0 aliphatic heterocycles. The van der Waals surface area contributed by atoms with Crippen molar-refractivity contribution in [1.82, 2.24) is 15.5 Å². The lowest BCUT2D eigenvalue weighted by Crippen LogP contribution is -2.14. The SMILES string of the molecule is CCCCOCCOc1ccc(CNCC)nn1. The summed E-state index contributed by atoms with van der Waals surface area (Å²) in [5, 5.41) is 11.3. The van der Waals surface area contributed by atoms with Crippen LogP contribution in [0.15, 0.2) is 12.1 Å². The molecule has 0 atom stereocenters. The maximum Gasteiger partial charge on any atom is 0.233 e. The smallest absolute Gasteiger partial charge is 0.233 e. The average Bonchev–Trinajstić information content (AvgIpc) is 2.42. The third-order valence-electron chi connectivity index (χ3n) is 2.37. The number of hydrogen-bond donors (Lipinski definition) is 1. The van der Waals surface area contributed by atoms with Crippen molar-refractivity contribution < 1.29 is 9.47 Å². The van der Waals surface area contributed by atoms with E-state index < -0.39 is 0 Å². The molecule has 1 aromatic heterocycles. The molecule has 0 unspecified atom stereocenters. The topological polar surface area (TPSA) is 56.3 Å². The van der Waals surface area contributed by atoms with Crippen LogP contribution in [0.5, 0.6) is 5.88 Å². The normalized spacial score (nSPS) is 10.6. The molecule has 0 aromatic carbocycles. The average molecular weight is 253 g/mol. The number of unbranched alkanes of at least 4 members (excludes halogenated alkanes) is 1. The van der Waals surface area contributed by atoms with Crippen molar-refractivity contribution >= 4 is 0 Å². The van der Waals surface area contributed by atoms with Gasteiger partial charge in [-0.2, -0.15) is 5.10 Å². The second-order valence-electron chi connectivity index (χ2n) is 3.96. The maximum atomic E-state index is 5.43. The Morgan fingerprint density at radius 3 is 2.67 bits per heavy atom. The Hall–Kier alpha value is -1.20. The molecule has 0 spiro atoms. The first-order valence-corrected chi connectivity index (χ1v) is 6.60. The van der Waals surface area contributed by atoms with Crippen LogP contribution in [0, 0.1) is 0 Å². The zero-order valence-electron chi connectivity index (χ0n) is 11.3. The minimum absolute atomic E-state index is 0.519. The van der Waals surface area contributed by atoms with Crippen LogP contribution >= 0.6 is 0 Å². The number of rotatable bonds is 10. The van der Waals surface area contributed by atoms with Crippen molar-refractivity contribution in [3.8, 4) is 5.88 Å². The molecule has 0 radical (unpaired) electrons. The zero-order valence-corrected chi connectivity index (χ0v) is 11.3. The van der Waals surface area contributed by atoms with Crippen LogP contribution in [0.2, 0.25) is 0 Å². The van der Waals surface area contributed by atoms with Crippen molar-refractivity contribution in [1.29, 1.82) is 0 Å². The first kappa shape index (κ1) is 14.9. The highest BCUT2D eigenvalue weighted by atomic mass is 16.5. The summed E-state index contributed by atoms with van der Waals surface area (Å²) >= 11 is 0. The van der Waals surface area contributed by atoms with E-state index in [1.54, 1.807) is 0 Å². The van der Waals surface area contributed by atoms with E-state index in [4.69, 9.17) is 9.47 Å². The molecule has 1 rings (SSSR count). The Kier molecular flexibility index (Phi) is 8.08. The second-order valence-corrected chi connectivity index (χ2v) is 3.96. The molecule has 0 aliphatic carbocycles. The van der Waals surface area contributed by atoms with E-state index >= 15 is 0 Å². The summed E-state index contributed by atoms with van der Waals surface area (Å²) in [5.74, 6) is 0.550. The monoisotopic (exact) mass is 253 g/mol. The van der Waals surface area contributed by atoms with Crippen molar-refractivity contribution in [3.05, 3.63) is 17.8 Å². The Morgan fingerprint density at radius 1 is 1.11 bits per heavy atom. The zero-order chi connectivity index (χ0) is 13.1. The lowest BCUT2D eigenvalue weighted by molar-refractivity contribution is 0.0961. The fourth-order valence-electron chi connectivity index (χ4n) is 1.33. The molecule has 0 aliphatic rings. The summed E-state index contributed by atoms with van der Waals surface area (Å²) < 4.78 is 10.8. The van der Waals surface area contributed by atoms with Gasteiger partial charge < -0.3 is 14.8 Å². The Bertz CT molecular complexity index is 304. The van der Waals surface area contributed by atoms with Gasteiger partial charge in [0.2, 0.25) is 5.88 Å². The molecule has 18 heavy (non-hydrogen) atoms. The highest BCUT2D eigenvalue weighted by molar-refractivity contribution is 5.11. The van der Waals surface area contributed by atoms with Gasteiger partial charge in [0.25, 0.3) is 0 Å². The predicted molar refractivity (Wildman–Crippen MR) is 70.6 cm³/mol. The van der Waals surface area contributed by atoms with Gasteiger partial charge in [0, 0.05) is 19.2 Å². The Labute approximate surface area is 109 Å². The van der Waals surface area contributed by atoms with Gasteiger partial charge in [0.15, 0.2) is 0 Å². The number of nitrogens with one attached hydrogen (secondary N) is 1. The lowest BCUT2D eigenvalue weighted by Gasteiger charge is -2.06. The van der Waals surface area contributed by atoms with Crippen LogP contribution in [0.3, 0.4) is 0 Å². The molecule has 0 amide bonds. The van der Waals surface area contributed by atoms with Gasteiger partial charge in [-0.05, 0) is 19.0 Å². The fraction of sp³-hybridized carbons (Fsp3) is 0.692. The Morgan fingerprint density at radius 2 is 2.00 bits per heavy atom. The van der Waals surface area contributed by atoms with Gasteiger partial charge in [-0.3, -0.25) is 0 Å². The summed E-state index contributed by atoms with van der Waals surface area (Å²) in [6.07, 6.45) is 2.25. The standard InChI is InChI=1S/C13H23N3O2/c1-3-5-8-17-9-10-18-13-7-6-12(15-16-13)11-14-4-2/h6-7,14H,3-5,8-11H2,1-2H3. The van der Waals surface area contributed by atoms with Crippen molar-refractivity contribution in [2.24, 2.45) is 0 Å². The lowest BCUT2D eigenvalue weighted by atomic mass is 10.4. The van der Waals surface area contributed by atoms with E-state index in [-0.39, 0.29) is 0 Å². The van der Waals surface area contributed by atoms with Gasteiger partial charge in [0.05, 0.1) is 12.3 Å². The third-order valence-corrected chi connectivity index (χ3v) is 2.37. The van der Waals surface area contributed by atoms with Gasteiger partial charge in [0.1, 0.15) is 6.61 Å². The number of hydrogen-bond acceptors (Lipinski definition) is 5. The van der Waals surface area contributed by atoms with Crippen LogP contribution < -0.4 is 10.1 Å². The predicted octanol–water partition coefficient (Wildman–Crippen LogP) is 1.78. The van der Waals surface area contributed by atoms with Gasteiger partial charge in [-0.25, -0.2) is 0 Å². The summed E-state index contributed by atoms with van der Waals surface area (Å²) in [6, 6.07) is 3.76. The highest BCUT2D eigenvalue weighted by Crippen LogP contribution is 2.04. The molecule has 5 nitrogen and oxygen atoms in total. The molecule has 1 aromatic rings. The summed E-state index contributed by atoms with van der Waals surface area (Å²) in [6.45, 7) is 7.78. The molecule has 1 heterocycles. The van der Waals surface area contributed by atoms with E-state index in [1.807, 2.05) is 12.1 Å². The molecular weight excluding hydrogens is 230 g/mol. The van der Waals surface area contributed by atoms with Gasteiger partial charge >= 0.3 is 0 Å². The van der Waals surface area contributed by atoms with Crippen LogP contribution in [-0.4, -0.2) is 36.6 Å². The molecule has 0 bridgehead atoms. The summed E-state index contributed by atoms with van der Waals surface area (Å²) in [4.78, 5) is 0. The summed E-state index contributed by atoms with van der Waals surface area (Å²) in [5.41, 5.74) is 0.920. The van der Waals surface area contributed by atoms with Crippen molar-refractivity contribution in [2.75, 3.05) is 26.4 Å². The minimum Gasteiger partial charge on any atom is -0.474 e. The number of aromatic nitrogens is 2. The van der Waals surface area contributed by atoms with Crippen molar-refractivity contribution in [3.63, 3.8) is 0 Å². The molecular formula is C13H23N3O2. The van der Waals surface area contributed by atoms with Crippen LogP contribution in [0.1, 0.15) is 32.4 Å². The van der Waals surface area contributed by atoms with Gasteiger partial charge in [-0.1, -0.05) is 20.3 Å². The van der Waals surface area contributed by atoms with E-state index in [9.17, 15) is 0 Å². The van der Waals surface area contributed by atoms with Crippen LogP contribution in [-0.2, 0) is 11.3 Å². The maximum absolute atomic E-state index is 5.43. The molecule has 0 saturated carbocycles. The van der Waals surface area contributed by atoms with Crippen molar-refractivity contribution in [2.45, 2.75) is 33.2 Å². The fourth-order valence-corrected chi connectivity index (χ4v) is 1.33. The highest BCUT2D eigenvalue weighted by Gasteiger charge is 1.98. The quantitative estimate of drug-likeness (QED) is 0.644. The van der Waals surface area contributed by atoms with Gasteiger partial charge in [-0.15, -0.1) is 5.10 Å². The minimum atomic E-state index is 0.519. The number of nitrogens with zero attached hydrogens (tertiary/aromatic N) is 2. The third kappa shape index (κ3) is 6.51. The molecule has 0 saturated heterocycles. The first-order chi connectivity index (χ1) is 8.86.